The molecule has 2 rings (SSSR count). The first-order valence-electron chi connectivity index (χ1n) is 6.07. The van der Waals surface area contributed by atoms with Gasteiger partial charge < -0.3 is 11.1 Å². The quantitative estimate of drug-likeness (QED) is 0.774. The number of carbonyl (C=O) groups excluding carboxylic acids is 1. The minimum absolute atomic E-state index is 0.129. The van der Waals surface area contributed by atoms with Gasteiger partial charge in [0.25, 0.3) is 0 Å². The van der Waals surface area contributed by atoms with Crippen LogP contribution in [0.5, 0.6) is 0 Å². The molecular formula is C12H18N4O. The van der Waals surface area contributed by atoms with Crippen molar-refractivity contribution >= 4 is 5.91 Å². The van der Waals surface area contributed by atoms with Crippen LogP contribution in [-0.2, 0) is 30.6 Å². The predicted octanol–water partition coefficient (Wildman–Crippen LogP) is 0.103. The Bertz CT molecular complexity index is 431. The molecule has 0 aliphatic carbocycles. The molecule has 5 nitrogen and oxygen atoms in total. The van der Waals surface area contributed by atoms with Crippen LogP contribution < -0.4 is 11.1 Å². The topological polar surface area (TPSA) is 80.9 Å². The van der Waals surface area contributed by atoms with Gasteiger partial charge in [-0.25, -0.2) is 9.97 Å². The van der Waals surface area contributed by atoms with E-state index in [0.717, 1.165) is 43.7 Å². The van der Waals surface area contributed by atoms with E-state index in [1.54, 1.807) is 0 Å². The lowest BCUT2D eigenvalue weighted by atomic mass is 10.0. The summed E-state index contributed by atoms with van der Waals surface area (Å²) in [6.45, 7) is 3.87. The van der Waals surface area contributed by atoms with Crippen molar-refractivity contribution in [1.82, 2.24) is 15.3 Å². The second-order valence-corrected chi connectivity index (χ2v) is 4.33. The summed E-state index contributed by atoms with van der Waals surface area (Å²) in [5.41, 5.74) is 8.58. The number of hydrogen-bond acceptors (Lipinski definition) is 4. The minimum Gasteiger partial charge on any atom is -0.369 e. The van der Waals surface area contributed by atoms with Gasteiger partial charge in [0.05, 0.1) is 12.1 Å². The van der Waals surface area contributed by atoms with Crippen molar-refractivity contribution in [3.8, 4) is 0 Å². The molecule has 1 aliphatic heterocycles. The van der Waals surface area contributed by atoms with Crippen molar-refractivity contribution in [2.45, 2.75) is 39.2 Å². The van der Waals surface area contributed by atoms with Gasteiger partial charge in [-0.15, -0.1) is 0 Å². The molecule has 0 saturated heterocycles. The molecule has 92 valence electrons. The van der Waals surface area contributed by atoms with Gasteiger partial charge in [-0.2, -0.15) is 0 Å². The maximum absolute atomic E-state index is 10.9. The summed E-state index contributed by atoms with van der Waals surface area (Å²) >= 11 is 0. The van der Waals surface area contributed by atoms with Crippen LogP contribution in [0, 0.1) is 0 Å². The number of aromatic nitrogens is 2. The molecule has 0 radical (unpaired) electrons. The molecule has 1 aromatic rings. The Morgan fingerprint density at radius 2 is 2.29 bits per heavy atom. The summed E-state index contributed by atoms with van der Waals surface area (Å²) in [4.78, 5) is 19.8. The van der Waals surface area contributed by atoms with Crippen molar-refractivity contribution in [3.63, 3.8) is 0 Å². The highest BCUT2D eigenvalue weighted by Crippen LogP contribution is 2.17. The number of amides is 1. The van der Waals surface area contributed by atoms with Crippen molar-refractivity contribution in [2.24, 2.45) is 5.73 Å². The lowest BCUT2D eigenvalue weighted by Crippen LogP contribution is -2.28. The zero-order valence-corrected chi connectivity index (χ0v) is 10.1. The van der Waals surface area contributed by atoms with E-state index in [9.17, 15) is 4.79 Å². The number of aryl methyl sites for hydroxylation is 1. The highest BCUT2D eigenvalue weighted by molar-refractivity contribution is 5.75. The first-order chi connectivity index (χ1) is 8.20. The molecule has 1 amide bonds. The molecule has 0 fully saturated rings. The fourth-order valence-electron chi connectivity index (χ4n) is 2.17. The van der Waals surface area contributed by atoms with E-state index in [-0.39, 0.29) is 12.3 Å². The first kappa shape index (κ1) is 12.0. The van der Waals surface area contributed by atoms with E-state index in [1.807, 2.05) is 0 Å². The Kier molecular flexibility index (Phi) is 3.68. The molecular weight excluding hydrogens is 216 g/mol. The highest BCUT2D eigenvalue weighted by Gasteiger charge is 2.17. The Morgan fingerprint density at radius 1 is 1.47 bits per heavy atom. The van der Waals surface area contributed by atoms with E-state index >= 15 is 0 Å². The Balaban J connectivity index is 2.37. The molecule has 5 heteroatoms. The average molecular weight is 234 g/mol. The molecule has 3 N–H and O–H groups in total. The normalized spacial score (nSPS) is 14.4. The van der Waals surface area contributed by atoms with E-state index in [0.29, 0.717) is 5.82 Å². The number of fused-ring (bicyclic) bond motifs is 1. The Morgan fingerprint density at radius 3 is 3.00 bits per heavy atom. The van der Waals surface area contributed by atoms with Crippen LogP contribution >= 0.6 is 0 Å². The van der Waals surface area contributed by atoms with E-state index < -0.39 is 0 Å². The van der Waals surface area contributed by atoms with Crippen LogP contribution in [-0.4, -0.2) is 22.4 Å². The van der Waals surface area contributed by atoms with Crippen LogP contribution in [0.1, 0.15) is 36.1 Å². The first-order valence-corrected chi connectivity index (χ1v) is 6.07. The zero-order valence-electron chi connectivity index (χ0n) is 10.1. The van der Waals surface area contributed by atoms with Gasteiger partial charge in [0.15, 0.2) is 0 Å². The monoisotopic (exact) mass is 234 g/mol. The number of hydrogen-bond donors (Lipinski definition) is 2. The van der Waals surface area contributed by atoms with Gasteiger partial charge in [-0.05, 0) is 24.9 Å². The highest BCUT2D eigenvalue weighted by atomic mass is 16.1. The summed E-state index contributed by atoms with van der Waals surface area (Å²) < 4.78 is 0. The summed E-state index contributed by atoms with van der Waals surface area (Å²) in [5.74, 6) is 0.180. The zero-order chi connectivity index (χ0) is 12.3. The SMILES string of the molecule is CCCc1nc(CC(N)=O)nc2c1CCNC2. The van der Waals surface area contributed by atoms with E-state index in [4.69, 9.17) is 5.73 Å². The summed E-state index contributed by atoms with van der Waals surface area (Å²) in [6, 6.07) is 0. The van der Waals surface area contributed by atoms with Gasteiger partial charge >= 0.3 is 0 Å². The molecule has 0 aromatic carbocycles. The summed E-state index contributed by atoms with van der Waals surface area (Å²) in [7, 11) is 0. The fourth-order valence-corrected chi connectivity index (χ4v) is 2.17. The number of primary amides is 1. The molecule has 0 atom stereocenters. The average Bonchev–Trinajstić information content (AvgIpc) is 2.28. The van der Waals surface area contributed by atoms with E-state index in [2.05, 4.69) is 22.2 Å². The molecule has 0 bridgehead atoms. The third-order valence-electron chi connectivity index (χ3n) is 2.89. The van der Waals surface area contributed by atoms with E-state index in [1.165, 1.54) is 5.56 Å². The van der Waals surface area contributed by atoms with Crippen molar-refractivity contribution in [2.75, 3.05) is 6.54 Å². The van der Waals surface area contributed by atoms with Gasteiger partial charge in [-0.3, -0.25) is 4.79 Å². The number of rotatable bonds is 4. The number of carbonyl (C=O) groups is 1. The van der Waals surface area contributed by atoms with Gasteiger partial charge in [0.2, 0.25) is 5.91 Å². The second kappa shape index (κ2) is 5.23. The van der Waals surface area contributed by atoms with Crippen LogP contribution in [0.2, 0.25) is 0 Å². The predicted molar refractivity (Wildman–Crippen MR) is 64.3 cm³/mol. The molecule has 0 spiro atoms. The third kappa shape index (κ3) is 2.79. The summed E-state index contributed by atoms with van der Waals surface area (Å²) in [5, 5.41) is 3.28. The molecule has 2 heterocycles. The van der Waals surface area contributed by atoms with Crippen LogP contribution in [0.3, 0.4) is 0 Å². The van der Waals surface area contributed by atoms with Crippen LogP contribution in [0.4, 0.5) is 0 Å². The standard InChI is InChI=1S/C12H18N4O/c1-2-3-9-8-4-5-14-7-10(8)16-12(15-9)6-11(13)17/h14H,2-7H2,1H3,(H2,13,17). The third-order valence-corrected chi connectivity index (χ3v) is 2.89. The second-order valence-electron chi connectivity index (χ2n) is 4.33. The number of nitrogens with one attached hydrogen (secondary N) is 1. The lowest BCUT2D eigenvalue weighted by molar-refractivity contribution is -0.117. The van der Waals surface area contributed by atoms with Crippen LogP contribution in [0.25, 0.3) is 0 Å². The van der Waals surface area contributed by atoms with Gasteiger partial charge in [-0.1, -0.05) is 13.3 Å². The van der Waals surface area contributed by atoms with Crippen LogP contribution in [0.15, 0.2) is 0 Å². The Labute approximate surface area is 101 Å². The molecule has 0 saturated carbocycles. The molecule has 0 unspecified atom stereocenters. The maximum Gasteiger partial charge on any atom is 0.225 e. The maximum atomic E-state index is 10.9. The number of nitrogens with two attached hydrogens (primary N) is 1. The largest absolute Gasteiger partial charge is 0.369 e. The minimum atomic E-state index is -0.379. The molecule has 1 aromatic heterocycles. The molecule has 1 aliphatic rings. The van der Waals surface area contributed by atoms with Gasteiger partial charge in [0.1, 0.15) is 5.82 Å². The van der Waals surface area contributed by atoms with Gasteiger partial charge in [0, 0.05) is 12.2 Å². The summed E-state index contributed by atoms with van der Waals surface area (Å²) in [6.07, 6.45) is 3.09. The smallest absolute Gasteiger partial charge is 0.225 e. The van der Waals surface area contributed by atoms with Crippen molar-refractivity contribution in [1.29, 1.82) is 0 Å². The molecule has 17 heavy (non-hydrogen) atoms. The Hall–Kier alpha value is -1.49. The lowest BCUT2D eigenvalue weighted by Gasteiger charge is -2.19. The van der Waals surface area contributed by atoms with Crippen molar-refractivity contribution in [3.05, 3.63) is 22.8 Å². The van der Waals surface area contributed by atoms with Crippen molar-refractivity contribution < 1.29 is 4.79 Å². The number of nitrogens with zero attached hydrogens (tertiary/aromatic N) is 2. The fraction of sp³-hybridized carbons (Fsp3) is 0.583.